The van der Waals surface area contributed by atoms with Gasteiger partial charge in [-0.1, -0.05) is 76.4 Å². The van der Waals surface area contributed by atoms with Gasteiger partial charge in [0.15, 0.2) is 0 Å². The molecule has 0 saturated heterocycles. The molecule has 2 aromatic rings. The third-order valence-electron chi connectivity index (χ3n) is 5.34. The SMILES string of the molecule is CCCCCC(C)(C)c1cc(Cc2ccccc2)c(C)c(C)c1O.O=[PH+]O. The largest absolute Gasteiger partial charge is 0.507 e. The van der Waals surface area contributed by atoms with Gasteiger partial charge in [0.25, 0.3) is 0 Å². The molecule has 0 amide bonds. The Hall–Kier alpha value is -1.70. The summed E-state index contributed by atoms with van der Waals surface area (Å²) in [5, 5.41) is 10.8. The molecule has 4 heteroatoms. The molecule has 2 N–H and O–H groups in total. The fourth-order valence-electron chi connectivity index (χ4n) is 3.44. The summed E-state index contributed by atoms with van der Waals surface area (Å²) in [6.07, 6.45) is 5.73. The van der Waals surface area contributed by atoms with Crippen LogP contribution in [0.15, 0.2) is 36.4 Å². The van der Waals surface area contributed by atoms with Crippen molar-refractivity contribution in [3.05, 3.63) is 64.2 Å². The number of aromatic hydroxyl groups is 1. The third kappa shape index (κ3) is 6.75. The smallest absolute Gasteiger partial charge is 0.491 e. The maximum absolute atomic E-state index is 10.8. The molecule has 27 heavy (non-hydrogen) atoms. The Morgan fingerprint density at radius 1 is 1.04 bits per heavy atom. The Bertz CT molecular complexity index is 724. The van der Waals surface area contributed by atoms with Gasteiger partial charge >= 0.3 is 8.69 Å². The van der Waals surface area contributed by atoms with E-state index < -0.39 is 8.69 Å². The molecular weight excluding hydrogens is 355 g/mol. The minimum atomic E-state index is -1.17. The van der Waals surface area contributed by atoms with E-state index >= 15 is 0 Å². The van der Waals surface area contributed by atoms with Crippen LogP contribution in [0.1, 0.15) is 74.3 Å². The zero-order chi connectivity index (χ0) is 20.4. The number of phenols is 1. The Labute approximate surface area is 165 Å². The van der Waals surface area contributed by atoms with Crippen LogP contribution < -0.4 is 0 Å². The lowest BCUT2D eigenvalue weighted by Crippen LogP contribution is -2.18. The lowest BCUT2D eigenvalue weighted by molar-refractivity contribution is 0.405. The lowest BCUT2D eigenvalue weighted by Gasteiger charge is -2.28. The Balaban J connectivity index is 0.00000114. The molecule has 2 rings (SSSR count). The third-order valence-corrected chi connectivity index (χ3v) is 5.34. The van der Waals surface area contributed by atoms with Crippen molar-refractivity contribution in [2.24, 2.45) is 0 Å². The molecule has 0 aliphatic heterocycles. The van der Waals surface area contributed by atoms with Crippen LogP contribution in [-0.4, -0.2) is 10.00 Å². The van der Waals surface area contributed by atoms with Gasteiger partial charge in [-0.2, -0.15) is 4.89 Å². The molecule has 148 valence electrons. The van der Waals surface area contributed by atoms with Gasteiger partial charge in [0.1, 0.15) is 5.75 Å². The molecule has 0 saturated carbocycles. The van der Waals surface area contributed by atoms with Crippen molar-refractivity contribution in [1.29, 1.82) is 0 Å². The molecule has 1 atom stereocenters. The lowest BCUT2D eigenvalue weighted by atomic mass is 9.77. The van der Waals surface area contributed by atoms with Gasteiger partial charge in [-0.25, -0.2) is 0 Å². The van der Waals surface area contributed by atoms with Crippen LogP contribution in [0.5, 0.6) is 5.75 Å². The summed E-state index contributed by atoms with van der Waals surface area (Å²) in [4.78, 5) is 7.04. The van der Waals surface area contributed by atoms with Gasteiger partial charge in [0.2, 0.25) is 0 Å². The van der Waals surface area contributed by atoms with E-state index in [-0.39, 0.29) is 5.41 Å². The van der Waals surface area contributed by atoms with Crippen molar-refractivity contribution in [3.63, 3.8) is 0 Å². The molecule has 3 nitrogen and oxygen atoms in total. The highest BCUT2D eigenvalue weighted by molar-refractivity contribution is 7.16. The van der Waals surface area contributed by atoms with Crippen molar-refractivity contribution in [2.45, 2.75) is 72.1 Å². The first-order chi connectivity index (χ1) is 12.8. The average molecular weight is 389 g/mol. The topological polar surface area (TPSA) is 57.5 Å². The first-order valence-corrected chi connectivity index (χ1v) is 10.5. The first kappa shape index (κ1) is 23.3. The highest BCUT2D eigenvalue weighted by Crippen LogP contribution is 2.39. The predicted octanol–water partition coefficient (Wildman–Crippen LogP) is 6.38. The molecule has 0 spiro atoms. The molecule has 2 aromatic carbocycles. The molecule has 0 bridgehead atoms. The summed E-state index contributed by atoms with van der Waals surface area (Å²) in [6.45, 7) is 10.9. The first-order valence-electron chi connectivity index (χ1n) is 9.66. The highest BCUT2D eigenvalue weighted by atomic mass is 31.1. The van der Waals surface area contributed by atoms with Crippen molar-refractivity contribution in [3.8, 4) is 5.75 Å². The van der Waals surface area contributed by atoms with Gasteiger partial charge < -0.3 is 5.11 Å². The fraction of sp³-hybridized carbons (Fsp3) is 0.478. The van der Waals surface area contributed by atoms with E-state index in [1.807, 2.05) is 6.92 Å². The second-order valence-corrected chi connectivity index (χ2v) is 7.96. The minimum Gasteiger partial charge on any atom is -0.507 e. The predicted molar refractivity (Wildman–Crippen MR) is 115 cm³/mol. The summed E-state index contributed by atoms with van der Waals surface area (Å²) >= 11 is 0. The molecule has 0 aliphatic carbocycles. The van der Waals surface area contributed by atoms with E-state index in [0.29, 0.717) is 5.75 Å². The van der Waals surface area contributed by atoms with Crippen molar-refractivity contribution < 1.29 is 14.6 Å². The summed E-state index contributed by atoms with van der Waals surface area (Å²) in [6, 6.07) is 12.8. The van der Waals surface area contributed by atoms with Crippen LogP contribution in [0.2, 0.25) is 0 Å². The normalized spacial score (nSPS) is 11.2. The number of benzene rings is 2. The summed E-state index contributed by atoms with van der Waals surface area (Å²) < 4.78 is 8.51. The summed E-state index contributed by atoms with van der Waals surface area (Å²) in [7, 11) is -1.17. The monoisotopic (exact) mass is 389 g/mol. The van der Waals surface area contributed by atoms with Crippen LogP contribution in [-0.2, 0) is 16.4 Å². The number of hydrogen-bond acceptors (Lipinski definition) is 2. The maximum Gasteiger partial charge on any atom is 0.491 e. The van der Waals surface area contributed by atoms with E-state index in [4.69, 9.17) is 9.46 Å². The van der Waals surface area contributed by atoms with Crippen LogP contribution in [0.3, 0.4) is 0 Å². The minimum absolute atomic E-state index is 0.00313. The van der Waals surface area contributed by atoms with Crippen LogP contribution in [0.4, 0.5) is 0 Å². The fourth-order valence-corrected chi connectivity index (χ4v) is 3.44. The van der Waals surface area contributed by atoms with Gasteiger partial charge in [0.05, 0.1) is 0 Å². The van der Waals surface area contributed by atoms with E-state index in [0.717, 1.165) is 24.0 Å². The van der Waals surface area contributed by atoms with E-state index in [1.165, 1.54) is 36.0 Å². The Kier molecular flexibility index (Phi) is 9.69. The average Bonchev–Trinajstić information content (AvgIpc) is 2.63. The van der Waals surface area contributed by atoms with Gasteiger partial charge in [-0.05, 0) is 58.9 Å². The van der Waals surface area contributed by atoms with Crippen LogP contribution in [0, 0.1) is 13.8 Å². The zero-order valence-corrected chi connectivity index (χ0v) is 18.3. The van der Waals surface area contributed by atoms with E-state index in [2.05, 4.69) is 64.1 Å². The molecule has 1 unspecified atom stereocenters. The van der Waals surface area contributed by atoms with E-state index in [1.54, 1.807) is 0 Å². The molecular formula is C23H34O3P+. The highest BCUT2D eigenvalue weighted by Gasteiger charge is 2.26. The molecule has 0 aromatic heterocycles. The molecule has 0 heterocycles. The molecule has 0 fully saturated rings. The molecule has 0 aliphatic rings. The van der Waals surface area contributed by atoms with Gasteiger partial charge in [-0.15, -0.1) is 0 Å². The van der Waals surface area contributed by atoms with Crippen molar-refractivity contribution in [1.82, 2.24) is 0 Å². The van der Waals surface area contributed by atoms with Crippen LogP contribution >= 0.6 is 8.69 Å². The number of rotatable bonds is 7. The molecule has 0 radical (unpaired) electrons. The van der Waals surface area contributed by atoms with Gasteiger partial charge in [-0.3, -0.25) is 0 Å². The second-order valence-electron chi connectivity index (χ2n) is 7.78. The van der Waals surface area contributed by atoms with Crippen LogP contribution in [0.25, 0.3) is 0 Å². The van der Waals surface area contributed by atoms with E-state index in [9.17, 15) is 5.11 Å². The number of unbranched alkanes of at least 4 members (excludes halogenated alkanes) is 2. The summed E-state index contributed by atoms with van der Waals surface area (Å²) in [5.41, 5.74) is 6.00. The standard InChI is InChI=1S/C23H32O.HO2P/c1-6-7-11-14-23(4,5)21-16-20(17(2)18(3)22(21)24)15-19-12-9-8-10-13-19;1-3-2/h8-10,12-13,16,24H,6-7,11,14-15H2,1-5H3;3H/p+1. The van der Waals surface area contributed by atoms with Crippen molar-refractivity contribution >= 4 is 8.69 Å². The zero-order valence-electron chi connectivity index (χ0n) is 17.3. The van der Waals surface area contributed by atoms with Gasteiger partial charge in [0, 0.05) is 5.56 Å². The number of hydrogen-bond donors (Lipinski definition) is 2. The second kappa shape index (κ2) is 11.2. The number of phenolic OH excluding ortho intramolecular Hbond substituents is 1. The Morgan fingerprint density at radius 2 is 1.63 bits per heavy atom. The summed E-state index contributed by atoms with van der Waals surface area (Å²) in [5.74, 6) is 0.491. The quantitative estimate of drug-likeness (QED) is 0.427. The maximum atomic E-state index is 10.8. The van der Waals surface area contributed by atoms with Crippen molar-refractivity contribution in [2.75, 3.05) is 0 Å². The Morgan fingerprint density at radius 3 is 2.19 bits per heavy atom.